The largest absolute Gasteiger partial charge is 0.333 e. The summed E-state index contributed by atoms with van der Waals surface area (Å²) in [7, 11) is 0. The highest BCUT2D eigenvalue weighted by atomic mass is 32.1. The summed E-state index contributed by atoms with van der Waals surface area (Å²) in [6, 6.07) is 3.84. The van der Waals surface area contributed by atoms with Gasteiger partial charge in [0.2, 0.25) is 0 Å². The zero-order chi connectivity index (χ0) is 10.8. The fourth-order valence-corrected chi connectivity index (χ4v) is 2.28. The normalized spacial score (nSPS) is 16.3. The Kier molecular flexibility index (Phi) is 2.90. The quantitative estimate of drug-likeness (QED) is 0.824. The number of thiophene rings is 1. The molecule has 2 heterocycles. The molecular formula is C10H13FN2OS. The molecular weight excluding hydrogens is 215 g/mol. The van der Waals surface area contributed by atoms with E-state index in [9.17, 15) is 9.18 Å². The summed E-state index contributed by atoms with van der Waals surface area (Å²) in [5.41, 5.74) is 0. The van der Waals surface area contributed by atoms with Crippen molar-refractivity contribution in [2.45, 2.75) is 19.6 Å². The molecule has 0 bridgehead atoms. The molecule has 5 heteroatoms. The zero-order valence-electron chi connectivity index (χ0n) is 8.50. The SMILES string of the molecule is Cc1ccc(CNC(=O)N2CC(F)C2)s1. The number of halogens is 1. The van der Waals surface area contributed by atoms with Gasteiger partial charge in [-0.1, -0.05) is 0 Å². The first-order valence-electron chi connectivity index (χ1n) is 4.87. The molecule has 0 aromatic carbocycles. The second-order valence-corrected chi connectivity index (χ2v) is 5.05. The van der Waals surface area contributed by atoms with Crippen LogP contribution in [0.15, 0.2) is 12.1 Å². The van der Waals surface area contributed by atoms with Gasteiger partial charge in [-0.25, -0.2) is 9.18 Å². The first-order valence-corrected chi connectivity index (χ1v) is 5.69. The zero-order valence-corrected chi connectivity index (χ0v) is 9.31. The van der Waals surface area contributed by atoms with Crippen LogP contribution in [0, 0.1) is 6.92 Å². The maximum atomic E-state index is 12.5. The Hall–Kier alpha value is -1.10. The first-order chi connectivity index (χ1) is 7.15. The highest BCUT2D eigenvalue weighted by molar-refractivity contribution is 7.11. The number of hydrogen-bond acceptors (Lipinski definition) is 2. The Labute approximate surface area is 91.9 Å². The summed E-state index contributed by atoms with van der Waals surface area (Å²) in [4.78, 5) is 15.2. The summed E-state index contributed by atoms with van der Waals surface area (Å²) >= 11 is 1.66. The van der Waals surface area contributed by atoms with E-state index in [1.165, 1.54) is 9.78 Å². The lowest BCUT2D eigenvalue weighted by Crippen LogP contribution is -2.54. The van der Waals surface area contributed by atoms with Gasteiger partial charge in [0.25, 0.3) is 0 Å². The van der Waals surface area contributed by atoms with Crippen LogP contribution in [-0.2, 0) is 6.54 Å². The number of nitrogens with zero attached hydrogens (tertiary/aromatic N) is 1. The van der Waals surface area contributed by atoms with Crippen molar-refractivity contribution in [2.75, 3.05) is 13.1 Å². The van der Waals surface area contributed by atoms with Crippen LogP contribution in [0.5, 0.6) is 0 Å². The molecule has 0 spiro atoms. The van der Waals surface area contributed by atoms with E-state index in [-0.39, 0.29) is 19.1 Å². The minimum Gasteiger partial charge on any atom is -0.333 e. The molecule has 1 aromatic heterocycles. The van der Waals surface area contributed by atoms with Crippen LogP contribution >= 0.6 is 11.3 Å². The lowest BCUT2D eigenvalue weighted by molar-refractivity contribution is 0.0897. The van der Waals surface area contributed by atoms with Gasteiger partial charge in [0.15, 0.2) is 0 Å². The van der Waals surface area contributed by atoms with Crippen LogP contribution in [0.1, 0.15) is 9.75 Å². The minimum absolute atomic E-state index is 0.171. The molecule has 3 nitrogen and oxygen atoms in total. The molecule has 1 saturated heterocycles. The predicted molar refractivity (Wildman–Crippen MR) is 57.8 cm³/mol. The van der Waals surface area contributed by atoms with Crippen molar-refractivity contribution in [3.63, 3.8) is 0 Å². The minimum atomic E-state index is -0.834. The number of urea groups is 1. The van der Waals surface area contributed by atoms with Gasteiger partial charge < -0.3 is 10.2 Å². The fourth-order valence-electron chi connectivity index (χ4n) is 1.45. The number of hydrogen-bond donors (Lipinski definition) is 1. The molecule has 82 valence electrons. The van der Waals surface area contributed by atoms with E-state index in [1.54, 1.807) is 11.3 Å². The second kappa shape index (κ2) is 4.18. The van der Waals surface area contributed by atoms with E-state index in [2.05, 4.69) is 5.32 Å². The number of nitrogens with one attached hydrogen (secondary N) is 1. The number of aryl methyl sites for hydroxylation is 1. The third-order valence-corrected chi connectivity index (χ3v) is 3.33. The Morgan fingerprint density at radius 1 is 1.67 bits per heavy atom. The first kappa shape index (κ1) is 10.4. The van der Waals surface area contributed by atoms with Crippen LogP contribution in [0.4, 0.5) is 9.18 Å². The van der Waals surface area contributed by atoms with Gasteiger partial charge in [-0.2, -0.15) is 0 Å². The smallest absolute Gasteiger partial charge is 0.317 e. The maximum Gasteiger partial charge on any atom is 0.317 e. The standard InChI is InChI=1S/C10H13FN2OS/c1-7-2-3-9(15-7)4-12-10(14)13-5-8(11)6-13/h2-3,8H,4-6H2,1H3,(H,12,14). The van der Waals surface area contributed by atoms with Crippen LogP contribution in [0.2, 0.25) is 0 Å². The lowest BCUT2D eigenvalue weighted by atomic mass is 10.2. The van der Waals surface area contributed by atoms with Crippen molar-refractivity contribution in [1.82, 2.24) is 10.2 Å². The Balaban J connectivity index is 1.76. The molecule has 0 aliphatic carbocycles. The summed E-state index contributed by atoms with van der Waals surface area (Å²) in [6.07, 6.45) is -0.834. The lowest BCUT2D eigenvalue weighted by Gasteiger charge is -2.34. The van der Waals surface area contributed by atoms with Crippen LogP contribution < -0.4 is 5.32 Å². The summed E-state index contributed by atoms with van der Waals surface area (Å²) in [6.45, 7) is 3.02. The van der Waals surface area contributed by atoms with Gasteiger partial charge in [-0.15, -0.1) is 11.3 Å². The van der Waals surface area contributed by atoms with Gasteiger partial charge in [-0.3, -0.25) is 0 Å². The van der Waals surface area contributed by atoms with Gasteiger partial charge in [0, 0.05) is 9.75 Å². The van der Waals surface area contributed by atoms with Crippen molar-refractivity contribution in [3.8, 4) is 0 Å². The molecule has 0 atom stereocenters. The van der Waals surface area contributed by atoms with Crippen molar-refractivity contribution in [1.29, 1.82) is 0 Å². The summed E-state index contributed by atoms with van der Waals surface area (Å²) < 4.78 is 12.5. The second-order valence-electron chi connectivity index (χ2n) is 3.67. The Morgan fingerprint density at radius 2 is 2.40 bits per heavy atom. The van der Waals surface area contributed by atoms with Crippen LogP contribution in [0.3, 0.4) is 0 Å². The van der Waals surface area contributed by atoms with E-state index >= 15 is 0 Å². The van der Waals surface area contributed by atoms with E-state index in [0.29, 0.717) is 6.54 Å². The number of alkyl halides is 1. The Morgan fingerprint density at radius 3 is 2.93 bits per heavy atom. The molecule has 0 unspecified atom stereocenters. The topological polar surface area (TPSA) is 32.3 Å². The third-order valence-electron chi connectivity index (χ3n) is 2.33. The maximum absolute atomic E-state index is 12.5. The molecule has 2 rings (SSSR count). The van der Waals surface area contributed by atoms with E-state index in [4.69, 9.17) is 0 Å². The van der Waals surface area contributed by atoms with E-state index in [1.807, 2.05) is 19.1 Å². The van der Waals surface area contributed by atoms with Crippen LogP contribution in [-0.4, -0.2) is 30.2 Å². The number of likely N-dealkylation sites (tertiary alicyclic amines) is 1. The van der Waals surface area contributed by atoms with Gasteiger partial charge in [0.1, 0.15) is 6.17 Å². The molecule has 2 amide bonds. The molecule has 1 aliphatic heterocycles. The summed E-state index contributed by atoms with van der Waals surface area (Å²) in [5.74, 6) is 0. The summed E-state index contributed by atoms with van der Waals surface area (Å²) in [5, 5.41) is 2.77. The third kappa shape index (κ3) is 2.47. The highest BCUT2D eigenvalue weighted by Crippen LogP contribution is 2.15. The van der Waals surface area contributed by atoms with Crippen molar-refractivity contribution < 1.29 is 9.18 Å². The highest BCUT2D eigenvalue weighted by Gasteiger charge is 2.29. The molecule has 0 radical (unpaired) electrons. The number of rotatable bonds is 2. The number of amides is 2. The molecule has 15 heavy (non-hydrogen) atoms. The van der Waals surface area contributed by atoms with Gasteiger partial charge in [0.05, 0.1) is 19.6 Å². The number of carbonyl (C=O) groups excluding carboxylic acids is 1. The van der Waals surface area contributed by atoms with Crippen molar-refractivity contribution in [2.24, 2.45) is 0 Å². The average Bonchev–Trinajstić information content (AvgIpc) is 2.56. The predicted octanol–water partition coefficient (Wildman–Crippen LogP) is 1.92. The van der Waals surface area contributed by atoms with Gasteiger partial charge >= 0.3 is 6.03 Å². The van der Waals surface area contributed by atoms with E-state index in [0.717, 1.165) is 4.88 Å². The average molecular weight is 228 g/mol. The van der Waals surface area contributed by atoms with Crippen LogP contribution in [0.25, 0.3) is 0 Å². The van der Waals surface area contributed by atoms with E-state index < -0.39 is 6.17 Å². The number of carbonyl (C=O) groups is 1. The fraction of sp³-hybridized carbons (Fsp3) is 0.500. The molecule has 1 aromatic rings. The Bertz CT molecular complexity index is 360. The molecule has 1 N–H and O–H groups in total. The van der Waals surface area contributed by atoms with Crippen molar-refractivity contribution in [3.05, 3.63) is 21.9 Å². The van der Waals surface area contributed by atoms with Crippen molar-refractivity contribution >= 4 is 17.4 Å². The molecule has 0 saturated carbocycles. The molecule has 1 aliphatic rings. The van der Waals surface area contributed by atoms with Gasteiger partial charge in [-0.05, 0) is 19.1 Å². The molecule has 1 fully saturated rings. The monoisotopic (exact) mass is 228 g/mol.